The van der Waals surface area contributed by atoms with Gasteiger partial charge in [0.2, 0.25) is 0 Å². The van der Waals surface area contributed by atoms with E-state index in [1.165, 1.54) is 0 Å². The van der Waals surface area contributed by atoms with Crippen LogP contribution < -0.4 is 5.32 Å². The second kappa shape index (κ2) is 5.61. The fourth-order valence-corrected chi connectivity index (χ4v) is 2.25. The van der Waals surface area contributed by atoms with E-state index in [4.69, 9.17) is 4.98 Å². The molecule has 0 radical (unpaired) electrons. The fraction of sp³-hybridized carbons (Fsp3) is 0.533. The van der Waals surface area contributed by atoms with Gasteiger partial charge in [-0.2, -0.15) is 5.10 Å². The van der Waals surface area contributed by atoms with Crippen LogP contribution in [0, 0.1) is 27.7 Å². The van der Waals surface area contributed by atoms with Gasteiger partial charge in [0.25, 0.3) is 0 Å². The van der Waals surface area contributed by atoms with Gasteiger partial charge >= 0.3 is 0 Å². The largest absolute Gasteiger partial charge is 0.370 e. The average Bonchev–Trinajstić information content (AvgIpc) is 2.65. The third-order valence-electron chi connectivity index (χ3n) is 3.66. The molecule has 2 rings (SSSR count). The Morgan fingerprint density at radius 2 is 1.75 bits per heavy atom. The van der Waals surface area contributed by atoms with Crippen LogP contribution in [0.15, 0.2) is 0 Å². The SMILES string of the molecule is CCCNc1nc(-c2c(C)nn(C)c2C)nc(C)c1C. The van der Waals surface area contributed by atoms with E-state index in [1.807, 2.05) is 32.5 Å². The Bertz CT molecular complexity index is 628. The van der Waals surface area contributed by atoms with Crippen LogP contribution >= 0.6 is 0 Å². The maximum absolute atomic E-state index is 4.70. The van der Waals surface area contributed by atoms with Crippen LogP contribution in [0.4, 0.5) is 5.82 Å². The first kappa shape index (κ1) is 14.5. The maximum atomic E-state index is 4.70. The number of hydrogen-bond acceptors (Lipinski definition) is 4. The number of rotatable bonds is 4. The molecule has 2 aromatic rings. The molecule has 0 aliphatic carbocycles. The highest BCUT2D eigenvalue weighted by molar-refractivity contribution is 5.64. The third-order valence-corrected chi connectivity index (χ3v) is 3.66. The van der Waals surface area contributed by atoms with E-state index < -0.39 is 0 Å². The molecular weight excluding hydrogens is 250 g/mol. The van der Waals surface area contributed by atoms with Crippen LogP contribution in [0.2, 0.25) is 0 Å². The van der Waals surface area contributed by atoms with Crippen LogP contribution in [0.25, 0.3) is 11.4 Å². The molecule has 0 aliphatic heterocycles. The minimum Gasteiger partial charge on any atom is -0.370 e. The maximum Gasteiger partial charge on any atom is 0.165 e. The van der Waals surface area contributed by atoms with E-state index in [9.17, 15) is 0 Å². The summed E-state index contributed by atoms with van der Waals surface area (Å²) >= 11 is 0. The summed E-state index contributed by atoms with van der Waals surface area (Å²) in [6.07, 6.45) is 1.07. The van der Waals surface area contributed by atoms with Gasteiger partial charge in [0.1, 0.15) is 5.82 Å². The van der Waals surface area contributed by atoms with Crippen LogP contribution in [0.1, 0.15) is 36.0 Å². The van der Waals surface area contributed by atoms with E-state index in [0.29, 0.717) is 0 Å². The summed E-state index contributed by atoms with van der Waals surface area (Å²) in [4.78, 5) is 9.34. The second-order valence-electron chi connectivity index (χ2n) is 5.20. The van der Waals surface area contributed by atoms with Crippen molar-refractivity contribution in [3.63, 3.8) is 0 Å². The van der Waals surface area contributed by atoms with Crippen LogP contribution in [-0.2, 0) is 7.05 Å². The van der Waals surface area contributed by atoms with Crippen molar-refractivity contribution < 1.29 is 0 Å². The monoisotopic (exact) mass is 273 g/mol. The first-order valence-electron chi connectivity index (χ1n) is 7.05. The van der Waals surface area contributed by atoms with Gasteiger partial charge in [0.15, 0.2) is 5.82 Å². The van der Waals surface area contributed by atoms with Crippen molar-refractivity contribution in [2.24, 2.45) is 7.05 Å². The molecule has 5 heteroatoms. The lowest BCUT2D eigenvalue weighted by Gasteiger charge is -2.12. The normalized spacial score (nSPS) is 10.9. The van der Waals surface area contributed by atoms with Crippen LogP contribution in [0.3, 0.4) is 0 Å². The van der Waals surface area contributed by atoms with Gasteiger partial charge in [0.05, 0.1) is 11.3 Å². The van der Waals surface area contributed by atoms with Gasteiger partial charge < -0.3 is 5.32 Å². The molecule has 0 bridgehead atoms. The minimum absolute atomic E-state index is 0.759. The molecule has 2 aromatic heterocycles. The van der Waals surface area contributed by atoms with Crippen molar-refractivity contribution in [3.05, 3.63) is 22.6 Å². The smallest absolute Gasteiger partial charge is 0.165 e. The summed E-state index contributed by atoms with van der Waals surface area (Å²) in [5.74, 6) is 1.69. The summed E-state index contributed by atoms with van der Waals surface area (Å²) in [7, 11) is 1.95. The highest BCUT2D eigenvalue weighted by atomic mass is 15.3. The number of anilines is 1. The molecule has 0 amide bonds. The predicted octanol–water partition coefficient (Wildman–Crippen LogP) is 2.93. The molecule has 2 heterocycles. The molecule has 5 nitrogen and oxygen atoms in total. The van der Waals surface area contributed by atoms with Crippen molar-refractivity contribution in [2.75, 3.05) is 11.9 Å². The van der Waals surface area contributed by atoms with Crippen LogP contribution in [-0.4, -0.2) is 26.3 Å². The Balaban J connectivity index is 2.54. The van der Waals surface area contributed by atoms with Gasteiger partial charge in [-0.25, -0.2) is 9.97 Å². The minimum atomic E-state index is 0.759. The molecule has 0 atom stereocenters. The third kappa shape index (κ3) is 2.53. The molecule has 0 spiro atoms. The van der Waals surface area contributed by atoms with Gasteiger partial charge in [0, 0.05) is 30.5 Å². The number of hydrogen-bond donors (Lipinski definition) is 1. The number of aromatic nitrogens is 4. The Morgan fingerprint density at radius 3 is 2.30 bits per heavy atom. The molecule has 0 fully saturated rings. The molecule has 0 aliphatic rings. The van der Waals surface area contributed by atoms with Crippen molar-refractivity contribution in [1.29, 1.82) is 0 Å². The summed E-state index contributed by atoms with van der Waals surface area (Å²) in [6, 6.07) is 0. The fourth-order valence-electron chi connectivity index (χ4n) is 2.25. The highest BCUT2D eigenvalue weighted by Gasteiger charge is 2.16. The Hall–Kier alpha value is -1.91. The summed E-state index contributed by atoms with van der Waals surface area (Å²) in [5, 5.41) is 7.83. The molecule has 108 valence electrons. The predicted molar refractivity (Wildman–Crippen MR) is 82.0 cm³/mol. The zero-order chi connectivity index (χ0) is 14.9. The molecule has 20 heavy (non-hydrogen) atoms. The van der Waals surface area contributed by atoms with Crippen molar-refractivity contribution in [3.8, 4) is 11.4 Å². The zero-order valence-electron chi connectivity index (χ0n) is 13.2. The summed E-state index contributed by atoms with van der Waals surface area (Å²) in [5.41, 5.74) is 5.22. The van der Waals surface area contributed by atoms with Gasteiger partial charge in [-0.1, -0.05) is 6.92 Å². The Labute approximate surface area is 120 Å². The van der Waals surface area contributed by atoms with Gasteiger partial charge in [-0.05, 0) is 34.1 Å². The molecular formula is C15H23N5. The van der Waals surface area contributed by atoms with Gasteiger partial charge in [-0.3, -0.25) is 4.68 Å². The second-order valence-corrected chi connectivity index (χ2v) is 5.20. The molecule has 0 aromatic carbocycles. The van der Waals surface area contributed by atoms with Crippen molar-refractivity contribution in [2.45, 2.75) is 41.0 Å². The summed E-state index contributed by atoms with van der Waals surface area (Å²) < 4.78 is 1.88. The lowest BCUT2D eigenvalue weighted by Crippen LogP contribution is -2.08. The van der Waals surface area contributed by atoms with E-state index in [-0.39, 0.29) is 0 Å². The molecule has 0 unspecified atom stereocenters. The molecule has 0 saturated heterocycles. The lowest BCUT2D eigenvalue weighted by atomic mass is 10.1. The van der Waals surface area contributed by atoms with Crippen LogP contribution in [0.5, 0.6) is 0 Å². The number of aryl methyl sites for hydroxylation is 3. The topological polar surface area (TPSA) is 55.6 Å². The van der Waals surface area contributed by atoms with E-state index in [2.05, 4.69) is 29.2 Å². The van der Waals surface area contributed by atoms with E-state index >= 15 is 0 Å². The molecule has 1 N–H and O–H groups in total. The zero-order valence-corrected chi connectivity index (χ0v) is 13.2. The first-order valence-corrected chi connectivity index (χ1v) is 7.05. The Kier molecular flexibility index (Phi) is 4.06. The van der Waals surface area contributed by atoms with Crippen molar-refractivity contribution >= 4 is 5.82 Å². The summed E-state index contributed by atoms with van der Waals surface area (Å²) in [6.45, 7) is 11.2. The van der Waals surface area contributed by atoms with Crippen molar-refractivity contribution in [1.82, 2.24) is 19.7 Å². The standard InChI is InChI=1S/C15H23N5/c1-7-8-16-14-9(2)10(3)17-15(18-14)13-11(4)19-20(6)12(13)5/h7-8H2,1-6H3,(H,16,17,18). The van der Waals surface area contributed by atoms with E-state index in [1.54, 1.807) is 0 Å². The van der Waals surface area contributed by atoms with E-state index in [0.717, 1.165) is 52.8 Å². The number of nitrogens with one attached hydrogen (secondary N) is 1. The van der Waals surface area contributed by atoms with Gasteiger partial charge in [-0.15, -0.1) is 0 Å². The lowest BCUT2D eigenvalue weighted by molar-refractivity contribution is 0.731. The quantitative estimate of drug-likeness (QED) is 0.930. The number of nitrogens with zero attached hydrogens (tertiary/aromatic N) is 4. The highest BCUT2D eigenvalue weighted by Crippen LogP contribution is 2.26. The Morgan fingerprint density at radius 1 is 1.05 bits per heavy atom. The average molecular weight is 273 g/mol. The molecule has 0 saturated carbocycles. The first-order chi connectivity index (χ1) is 9.45.